The first kappa shape index (κ1) is 57.2. The summed E-state index contributed by atoms with van der Waals surface area (Å²) >= 11 is 0. The predicted octanol–water partition coefficient (Wildman–Crippen LogP) is 12.0. The lowest BCUT2D eigenvalue weighted by atomic mass is 9.40. The Kier molecular flexibility index (Phi) is 16.1. The molecule has 7 N–H and O–H groups in total. The predicted molar refractivity (Wildman–Crippen MR) is 263 cm³/mol. The van der Waals surface area contributed by atoms with Crippen LogP contribution in [0.4, 0.5) is 0 Å². The largest absolute Gasteiger partial charge is 0.432 e. The van der Waals surface area contributed by atoms with E-state index in [9.17, 15) is 33.6 Å². The van der Waals surface area contributed by atoms with Crippen LogP contribution in [-0.2, 0) is 0 Å². The lowest BCUT2D eigenvalue weighted by Gasteiger charge is -2.76. The third-order valence-electron chi connectivity index (χ3n) is 18.8. The zero-order chi connectivity index (χ0) is 46.4. The number of rotatable bonds is 20. The van der Waals surface area contributed by atoms with Gasteiger partial charge < -0.3 is 33.6 Å². The van der Waals surface area contributed by atoms with Crippen LogP contribution in [0.25, 0.3) is 0 Å². The lowest BCUT2D eigenvalue weighted by molar-refractivity contribution is -0.144. The molecule has 0 aromatic rings. The van der Waals surface area contributed by atoms with Gasteiger partial charge in [-0.15, -0.1) is 0 Å². The summed E-state index contributed by atoms with van der Waals surface area (Å²) in [6.45, 7) is 59.3. The highest BCUT2D eigenvalue weighted by Gasteiger charge is 2.78. The average Bonchev–Trinajstić information content (AvgIpc) is 2.84. The van der Waals surface area contributed by atoms with Crippen molar-refractivity contribution in [2.75, 3.05) is 0 Å². The molecule has 0 aliphatic carbocycles. The van der Waals surface area contributed by atoms with Crippen LogP contribution in [0.1, 0.15) is 123 Å². The van der Waals surface area contributed by atoms with E-state index in [0.717, 1.165) is 0 Å². The van der Waals surface area contributed by atoms with Crippen LogP contribution in [0.15, 0.2) is 0 Å². The first-order valence-corrected chi connectivity index (χ1v) is 42.2. The maximum Gasteiger partial charge on any atom is 0.188 e. The minimum absolute atomic E-state index is 0.352. The maximum absolute atomic E-state index is 13.3. The molecule has 56 heavy (non-hydrogen) atoms. The van der Waals surface area contributed by atoms with Gasteiger partial charge in [0.2, 0.25) is 0 Å². The topological polar surface area (TPSA) is 142 Å². The van der Waals surface area contributed by atoms with E-state index in [1.807, 2.05) is 91.7 Å². The van der Waals surface area contributed by atoms with Gasteiger partial charge in [-0.25, -0.2) is 0 Å². The molecule has 0 saturated carbocycles. The Bertz CT molecular complexity index is 1310. The van der Waals surface area contributed by atoms with Gasteiger partial charge in [-0.1, -0.05) is 96.9 Å². The zero-order valence-corrected chi connectivity index (χ0v) is 49.5. The number of hydrogen-bond acceptors (Lipinski definition) is 7. The van der Waals surface area contributed by atoms with Crippen LogP contribution in [0.3, 0.4) is 0 Å². The highest BCUT2D eigenvalue weighted by molar-refractivity contribution is 6.76. The first-order chi connectivity index (χ1) is 23.5. The van der Waals surface area contributed by atoms with Crippen molar-refractivity contribution >= 4 is 58.2 Å². The second kappa shape index (κ2) is 15.8. The molecule has 338 valence electrons. The molecule has 0 heterocycles. The minimum Gasteiger partial charge on any atom is -0.432 e. The van der Waals surface area contributed by atoms with E-state index in [1.54, 1.807) is 0 Å². The van der Waals surface area contributed by atoms with Crippen LogP contribution in [0.2, 0.25) is 127 Å². The van der Waals surface area contributed by atoms with Gasteiger partial charge in [-0.3, -0.25) is 0 Å². The fraction of sp³-hybridized carbons (Fsp3) is 1.00. The SMILES string of the molecule is CC(C)(CC(C(CC(C)(C)[Si](C)(C)O)(C(CC(C)(C)[Si](C)(C)O)(CC(C)(C)[Si](C)(C)O)C(C)(C)[Si](C)(C)O)C(C)(C)[Si](C)(C)O)C(C)(C)[Si](C)(C)O)[Si](C)(C)O. The van der Waals surface area contributed by atoms with E-state index < -0.39 is 104 Å². The summed E-state index contributed by atoms with van der Waals surface area (Å²) in [5.41, 5.74) is -1.90. The Morgan fingerprint density at radius 2 is 0.571 bits per heavy atom. The molecule has 0 saturated heterocycles. The Labute approximate surface area is 356 Å². The third kappa shape index (κ3) is 10.2. The van der Waals surface area contributed by atoms with Gasteiger partial charge in [0.05, 0.1) is 0 Å². The lowest BCUT2D eigenvalue weighted by Crippen LogP contribution is -2.72. The normalized spacial score (nSPS) is 18.3. The molecule has 0 bridgehead atoms. The second-order valence-electron chi connectivity index (χ2n) is 26.8. The highest BCUT2D eigenvalue weighted by atomic mass is 28.4. The molecular formula is C42H100O7Si7. The number of hydrogen-bond donors (Lipinski definition) is 7. The molecule has 14 heteroatoms. The molecule has 0 aliphatic heterocycles. The monoisotopic (exact) mass is 913 g/mol. The van der Waals surface area contributed by atoms with Crippen LogP contribution >= 0.6 is 0 Å². The van der Waals surface area contributed by atoms with Crippen molar-refractivity contribution < 1.29 is 33.6 Å². The van der Waals surface area contributed by atoms with Crippen molar-refractivity contribution in [3.8, 4) is 0 Å². The van der Waals surface area contributed by atoms with E-state index in [1.165, 1.54) is 0 Å². The molecule has 0 aromatic heterocycles. The first-order valence-electron chi connectivity index (χ1n) is 21.5. The summed E-state index contributed by atoms with van der Waals surface area (Å²) in [5, 5.41) is -4.87. The molecule has 0 amide bonds. The molecule has 0 radical (unpaired) electrons. The van der Waals surface area contributed by atoms with Gasteiger partial charge in [0, 0.05) is 0 Å². The summed E-state index contributed by atoms with van der Waals surface area (Å²) in [7, 11) is -21.8. The van der Waals surface area contributed by atoms with Crippen molar-refractivity contribution in [1.29, 1.82) is 0 Å². The Morgan fingerprint density at radius 3 is 0.786 bits per heavy atom. The molecule has 0 aromatic carbocycles. The van der Waals surface area contributed by atoms with E-state index in [0.29, 0.717) is 25.7 Å². The Balaban J connectivity index is 10.8. The fourth-order valence-electron chi connectivity index (χ4n) is 9.48. The van der Waals surface area contributed by atoms with Crippen molar-refractivity contribution in [1.82, 2.24) is 0 Å². The Morgan fingerprint density at radius 1 is 0.321 bits per heavy atom. The van der Waals surface area contributed by atoms with Gasteiger partial charge in [0.1, 0.15) is 0 Å². The van der Waals surface area contributed by atoms with Crippen molar-refractivity contribution in [3.63, 3.8) is 0 Å². The van der Waals surface area contributed by atoms with Gasteiger partial charge in [-0.2, -0.15) is 0 Å². The van der Waals surface area contributed by atoms with Crippen LogP contribution in [-0.4, -0.2) is 91.8 Å². The van der Waals surface area contributed by atoms with E-state index >= 15 is 0 Å². The molecule has 0 fully saturated rings. The van der Waals surface area contributed by atoms with Crippen LogP contribution in [0.5, 0.6) is 0 Å². The second-order valence-corrected chi connectivity index (χ2v) is 57.8. The van der Waals surface area contributed by atoms with E-state index in [-0.39, 0.29) is 5.92 Å². The Hall–Kier alpha value is 1.24. The summed E-state index contributed by atoms with van der Waals surface area (Å²) < 4.78 is 0. The van der Waals surface area contributed by atoms with Crippen molar-refractivity contribution in [3.05, 3.63) is 0 Å². The molecule has 2 unspecified atom stereocenters. The smallest absolute Gasteiger partial charge is 0.188 e. The molecule has 0 rings (SSSR count). The molecule has 7 nitrogen and oxygen atoms in total. The summed E-state index contributed by atoms with van der Waals surface area (Å²) in [5.74, 6) is -0.352. The summed E-state index contributed by atoms with van der Waals surface area (Å²) in [6.07, 6.45) is 2.05. The minimum atomic E-state index is -3.34. The van der Waals surface area contributed by atoms with Gasteiger partial charge in [-0.05, 0) is 169 Å². The maximum atomic E-state index is 13.3. The van der Waals surface area contributed by atoms with E-state index in [4.69, 9.17) is 0 Å². The van der Waals surface area contributed by atoms with Gasteiger partial charge in [0.25, 0.3) is 0 Å². The van der Waals surface area contributed by atoms with Crippen LogP contribution < -0.4 is 0 Å². The van der Waals surface area contributed by atoms with Gasteiger partial charge in [0.15, 0.2) is 58.2 Å². The molecule has 0 aliphatic rings. The summed E-state index contributed by atoms with van der Waals surface area (Å²) in [6, 6.07) is 0. The average molecular weight is 914 g/mol. The molecule has 2 atom stereocenters. The molecular weight excluding hydrogens is 813 g/mol. The molecule has 0 spiro atoms. The standard InChI is InChI=1S/C42H100O7Si7/c1-34(2,50(15,16)43)29-33(38(9,10)54(23,24)47)42(40(13,14)56(27,28)49,32-37(7,8)53(21,22)46)41(39(11,12)55(25,26)48,30-35(3,4)51(17,18)44)31-36(5,6)52(19,20)45/h33,43-49H,29-32H2,1-28H3. The van der Waals surface area contributed by atoms with E-state index in [2.05, 4.69) is 96.9 Å². The van der Waals surface area contributed by atoms with Crippen LogP contribution in [0, 0.1) is 16.7 Å². The quantitative estimate of drug-likeness (QED) is 0.0603. The summed E-state index contributed by atoms with van der Waals surface area (Å²) in [4.78, 5) is 89.0. The van der Waals surface area contributed by atoms with Crippen molar-refractivity contribution in [2.24, 2.45) is 16.7 Å². The fourth-order valence-corrected chi connectivity index (χ4v) is 16.7. The highest BCUT2D eigenvalue weighted by Crippen LogP contribution is 2.84. The third-order valence-corrected chi connectivity index (χ3v) is 43.3. The zero-order valence-electron chi connectivity index (χ0n) is 42.5. The van der Waals surface area contributed by atoms with Crippen molar-refractivity contribution in [2.45, 2.75) is 250 Å². The van der Waals surface area contributed by atoms with Gasteiger partial charge >= 0.3 is 0 Å².